The van der Waals surface area contributed by atoms with Gasteiger partial charge in [-0.2, -0.15) is 0 Å². The van der Waals surface area contributed by atoms with Gasteiger partial charge in [0.2, 0.25) is 6.41 Å². The summed E-state index contributed by atoms with van der Waals surface area (Å²) in [5.74, 6) is 0.771. The third-order valence-electron chi connectivity index (χ3n) is 2.77. The second-order valence-corrected chi connectivity index (χ2v) is 3.89. The van der Waals surface area contributed by atoms with Crippen LogP contribution in [0.4, 0.5) is 5.69 Å². The predicted octanol–water partition coefficient (Wildman–Crippen LogP) is 3.17. The molecule has 94 valence electrons. The Balaban J connectivity index is 3.15. The summed E-state index contributed by atoms with van der Waals surface area (Å²) in [5.41, 5.74) is 3.27. The number of aryl methyl sites for hydroxylation is 1. The molecule has 0 atom stereocenters. The maximum atomic E-state index is 10.7. The number of rotatable bonds is 7. The van der Waals surface area contributed by atoms with E-state index in [-0.39, 0.29) is 0 Å². The van der Waals surface area contributed by atoms with Crippen molar-refractivity contribution in [2.24, 2.45) is 0 Å². The van der Waals surface area contributed by atoms with Crippen molar-refractivity contribution in [2.75, 3.05) is 11.9 Å². The second kappa shape index (κ2) is 6.94. The van der Waals surface area contributed by atoms with Crippen molar-refractivity contribution in [3.8, 4) is 5.75 Å². The molecule has 1 N–H and O–H groups in total. The van der Waals surface area contributed by atoms with Crippen LogP contribution in [0.15, 0.2) is 12.1 Å². The summed E-state index contributed by atoms with van der Waals surface area (Å²) < 4.78 is 5.66. The molecular weight excluding hydrogens is 214 g/mol. The standard InChI is InChI=1S/C14H21NO2/c1-4-9-17-13-8-7-11(5-2)12(6-3)14(13)15-10-16/h7-8,10H,4-6,9H2,1-3H3,(H,15,16). The van der Waals surface area contributed by atoms with Crippen LogP contribution < -0.4 is 10.1 Å². The Morgan fingerprint density at radius 3 is 2.53 bits per heavy atom. The molecule has 1 aromatic rings. The molecule has 1 rings (SSSR count). The van der Waals surface area contributed by atoms with Crippen LogP contribution in [0.1, 0.15) is 38.3 Å². The molecule has 0 unspecified atom stereocenters. The van der Waals surface area contributed by atoms with E-state index in [1.807, 2.05) is 6.07 Å². The highest BCUT2D eigenvalue weighted by Gasteiger charge is 2.11. The summed E-state index contributed by atoms with van der Waals surface area (Å²) in [5, 5.41) is 2.77. The Labute approximate surface area is 103 Å². The van der Waals surface area contributed by atoms with Crippen molar-refractivity contribution in [3.63, 3.8) is 0 Å². The average molecular weight is 235 g/mol. The molecule has 0 fully saturated rings. The Morgan fingerprint density at radius 2 is 2.00 bits per heavy atom. The van der Waals surface area contributed by atoms with E-state index in [0.29, 0.717) is 13.0 Å². The van der Waals surface area contributed by atoms with Gasteiger partial charge in [-0.05, 0) is 36.5 Å². The van der Waals surface area contributed by atoms with Crippen LogP contribution in [0, 0.1) is 0 Å². The topological polar surface area (TPSA) is 38.3 Å². The Morgan fingerprint density at radius 1 is 1.24 bits per heavy atom. The average Bonchev–Trinajstić information content (AvgIpc) is 2.37. The fourth-order valence-electron chi connectivity index (χ4n) is 1.95. The third kappa shape index (κ3) is 3.22. The van der Waals surface area contributed by atoms with E-state index in [1.54, 1.807) is 0 Å². The maximum absolute atomic E-state index is 10.7. The molecule has 3 heteroatoms. The number of ether oxygens (including phenoxy) is 1. The summed E-state index contributed by atoms with van der Waals surface area (Å²) in [6.45, 7) is 6.94. The molecule has 0 aliphatic rings. The molecule has 0 aromatic heterocycles. The first kappa shape index (κ1) is 13.6. The number of hydrogen-bond donors (Lipinski definition) is 1. The zero-order valence-electron chi connectivity index (χ0n) is 10.9. The maximum Gasteiger partial charge on any atom is 0.211 e. The number of anilines is 1. The molecule has 0 heterocycles. The third-order valence-corrected chi connectivity index (χ3v) is 2.77. The van der Waals surface area contributed by atoms with Crippen molar-refractivity contribution < 1.29 is 9.53 Å². The van der Waals surface area contributed by atoms with E-state index < -0.39 is 0 Å². The molecule has 3 nitrogen and oxygen atoms in total. The van der Waals surface area contributed by atoms with Crippen LogP contribution in [-0.4, -0.2) is 13.0 Å². The highest BCUT2D eigenvalue weighted by atomic mass is 16.5. The number of carbonyl (C=O) groups is 1. The molecule has 0 bridgehead atoms. The van der Waals surface area contributed by atoms with Gasteiger partial charge in [-0.25, -0.2) is 0 Å². The molecule has 0 aliphatic carbocycles. The molecule has 0 spiro atoms. The number of benzene rings is 1. The molecule has 1 aromatic carbocycles. The molecule has 0 saturated heterocycles. The van der Waals surface area contributed by atoms with Crippen molar-refractivity contribution in [2.45, 2.75) is 40.0 Å². The normalized spacial score (nSPS) is 10.1. The first-order valence-corrected chi connectivity index (χ1v) is 6.26. The molecule has 0 aliphatic heterocycles. The van der Waals surface area contributed by atoms with Crippen molar-refractivity contribution in [1.29, 1.82) is 0 Å². The van der Waals surface area contributed by atoms with Crippen molar-refractivity contribution in [3.05, 3.63) is 23.3 Å². The van der Waals surface area contributed by atoms with E-state index in [2.05, 4.69) is 32.2 Å². The van der Waals surface area contributed by atoms with Crippen LogP contribution in [-0.2, 0) is 17.6 Å². The lowest BCUT2D eigenvalue weighted by Gasteiger charge is -2.16. The lowest BCUT2D eigenvalue weighted by Crippen LogP contribution is -2.06. The Bertz CT molecular complexity index is 375. The van der Waals surface area contributed by atoms with Gasteiger partial charge in [-0.1, -0.05) is 26.8 Å². The van der Waals surface area contributed by atoms with Gasteiger partial charge < -0.3 is 10.1 Å². The fourth-order valence-corrected chi connectivity index (χ4v) is 1.95. The second-order valence-electron chi connectivity index (χ2n) is 3.89. The monoisotopic (exact) mass is 235 g/mol. The number of nitrogens with one attached hydrogen (secondary N) is 1. The largest absolute Gasteiger partial charge is 0.491 e. The molecule has 1 amide bonds. The van der Waals surface area contributed by atoms with Crippen LogP contribution in [0.5, 0.6) is 5.75 Å². The van der Waals surface area contributed by atoms with Crippen molar-refractivity contribution >= 4 is 12.1 Å². The highest BCUT2D eigenvalue weighted by molar-refractivity contribution is 5.79. The first-order chi connectivity index (χ1) is 8.28. The van der Waals surface area contributed by atoms with E-state index in [1.165, 1.54) is 11.1 Å². The fraction of sp³-hybridized carbons (Fsp3) is 0.500. The van der Waals surface area contributed by atoms with Gasteiger partial charge >= 0.3 is 0 Å². The SMILES string of the molecule is CCCOc1ccc(CC)c(CC)c1NC=O. The predicted molar refractivity (Wildman–Crippen MR) is 70.7 cm³/mol. The number of amides is 1. The Kier molecular flexibility index (Phi) is 5.53. The van der Waals surface area contributed by atoms with Crippen molar-refractivity contribution in [1.82, 2.24) is 0 Å². The Hall–Kier alpha value is -1.51. The molecular formula is C14H21NO2. The van der Waals surface area contributed by atoms with Crippen LogP contribution in [0.3, 0.4) is 0 Å². The summed E-state index contributed by atoms with van der Waals surface area (Å²) in [4.78, 5) is 10.7. The van der Waals surface area contributed by atoms with Gasteiger partial charge in [-0.15, -0.1) is 0 Å². The van der Waals surface area contributed by atoms with Gasteiger partial charge in [0, 0.05) is 0 Å². The van der Waals surface area contributed by atoms with Crippen LogP contribution in [0.2, 0.25) is 0 Å². The summed E-state index contributed by atoms with van der Waals surface area (Å²) in [6.07, 6.45) is 3.53. The van der Waals surface area contributed by atoms with E-state index in [9.17, 15) is 4.79 Å². The van der Waals surface area contributed by atoms with Crippen LogP contribution >= 0.6 is 0 Å². The van der Waals surface area contributed by atoms with Gasteiger partial charge in [0.05, 0.1) is 12.3 Å². The zero-order chi connectivity index (χ0) is 12.7. The van der Waals surface area contributed by atoms with Crippen LogP contribution in [0.25, 0.3) is 0 Å². The van der Waals surface area contributed by atoms with Gasteiger partial charge in [0.25, 0.3) is 0 Å². The smallest absolute Gasteiger partial charge is 0.211 e. The van der Waals surface area contributed by atoms with E-state index in [0.717, 1.165) is 30.7 Å². The lowest BCUT2D eigenvalue weighted by molar-refractivity contribution is -0.105. The summed E-state index contributed by atoms with van der Waals surface area (Å²) >= 11 is 0. The lowest BCUT2D eigenvalue weighted by atomic mass is 10.00. The minimum absolute atomic E-state index is 0.669. The quantitative estimate of drug-likeness (QED) is 0.737. The number of hydrogen-bond acceptors (Lipinski definition) is 2. The summed E-state index contributed by atoms with van der Waals surface area (Å²) in [7, 11) is 0. The number of carbonyl (C=O) groups excluding carboxylic acids is 1. The minimum Gasteiger partial charge on any atom is -0.491 e. The van der Waals surface area contributed by atoms with E-state index in [4.69, 9.17) is 4.74 Å². The molecule has 17 heavy (non-hydrogen) atoms. The van der Waals surface area contributed by atoms with Gasteiger partial charge in [-0.3, -0.25) is 4.79 Å². The van der Waals surface area contributed by atoms with E-state index >= 15 is 0 Å². The zero-order valence-corrected chi connectivity index (χ0v) is 10.9. The van der Waals surface area contributed by atoms with Gasteiger partial charge in [0.15, 0.2) is 0 Å². The molecule has 0 radical (unpaired) electrons. The summed E-state index contributed by atoms with van der Waals surface area (Å²) in [6, 6.07) is 4.03. The minimum atomic E-state index is 0.669. The first-order valence-electron chi connectivity index (χ1n) is 6.26. The highest BCUT2D eigenvalue weighted by Crippen LogP contribution is 2.32. The van der Waals surface area contributed by atoms with Gasteiger partial charge in [0.1, 0.15) is 5.75 Å². The molecule has 0 saturated carbocycles.